The first-order chi connectivity index (χ1) is 17.1. The van der Waals surface area contributed by atoms with Crippen molar-refractivity contribution in [1.29, 1.82) is 0 Å². The summed E-state index contributed by atoms with van der Waals surface area (Å²) in [4.78, 5) is 12.4. The fourth-order valence-electron chi connectivity index (χ4n) is 3.99. The largest absolute Gasteiger partial charge is 0.461 e. The zero-order chi connectivity index (χ0) is 25.6. The van der Waals surface area contributed by atoms with Crippen molar-refractivity contribution >= 4 is 5.97 Å². The van der Waals surface area contributed by atoms with Crippen molar-refractivity contribution in [3.63, 3.8) is 0 Å². The molecule has 2 N–H and O–H groups in total. The first kappa shape index (κ1) is 31.6. The van der Waals surface area contributed by atoms with Crippen molar-refractivity contribution in [3.05, 3.63) is 34.9 Å². The summed E-state index contributed by atoms with van der Waals surface area (Å²) >= 11 is 0. The SMILES string of the molecule is CCCCCCCCOC(CCC(=O)OCc1cc(CO)cc(CO)c1)OCCCCCCCC. The van der Waals surface area contributed by atoms with Gasteiger partial charge in [0.15, 0.2) is 6.29 Å². The third-order valence-electron chi connectivity index (χ3n) is 6.06. The number of unbranched alkanes of at least 4 members (excludes halogenated alkanes) is 10. The van der Waals surface area contributed by atoms with Gasteiger partial charge in [0, 0.05) is 19.6 Å². The minimum atomic E-state index is -0.382. The molecule has 0 atom stereocenters. The first-order valence-electron chi connectivity index (χ1n) is 13.8. The van der Waals surface area contributed by atoms with Crippen LogP contribution >= 0.6 is 0 Å². The number of ether oxygens (including phenoxy) is 3. The molecule has 1 aromatic rings. The molecule has 0 spiro atoms. The highest BCUT2D eigenvalue weighted by Gasteiger charge is 2.14. The van der Waals surface area contributed by atoms with Crippen molar-refractivity contribution in [1.82, 2.24) is 0 Å². The molecule has 6 nitrogen and oxygen atoms in total. The maximum Gasteiger partial charge on any atom is 0.306 e. The van der Waals surface area contributed by atoms with Crippen molar-refractivity contribution < 1.29 is 29.2 Å². The molecule has 0 amide bonds. The van der Waals surface area contributed by atoms with Gasteiger partial charge in [0.05, 0.1) is 19.6 Å². The van der Waals surface area contributed by atoms with Crippen LogP contribution in [0.4, 0.5) is 0 Å². The van der Waals surface area contributed by atoms with Gasteiger partial charge in [-0.2, -0.15) is 0 Å². The summed E-state index contributed by atoms with van der Waals surface area (Å²) in [6.45, 7) is 5.61. The van der Waals surface area contributed by atoms with Gasteiger partial charge in [0.1, 0.15) is 6.61 Å². The lowest BCUT2D eigenvalue weighted by Gasteiger charge is -2.18. The van der Waals surface area contributed by atoms with Gasteiger partial charge >= 0.3 is 5.97 Å². The second-order valence-electron chi connectivity index (χ2n) is 9.38. The van der Waals surface area contributed by atoms with Crippen LogP contribution in [0.1, 0.15) is 120 Å². The molecule has 35 heavy (non-hydrogen) atoms. The molecule has 1 aromatic carbocycles. The Morgan fingerprint density at radius 1 is 0.714 bits per heavy atom. The summed E-state index contributed by atoms with van der Waals surface area (Å²) in [5.41, 5.74) is 2.13. The third-order valence-corrected chi connectivity index (χ3v) is 6.06. The molecular formula is C29H50O6. The molecule has 0 fully saturated rings. The molecule has 0 aliphatic carbocycles. The van der Waals surface area contributed by atoms with Gasteiger partial charge in [-0.1, -0.05) is 96.3 Å². The highest BCUT2D eigenvalue weighted by Crippen LogP contribution is 2.14. The van der Waals surface area contributed by atoms with E-state index in [9.17, 15) is 15.0 Å². The maximum absolute atomic E-state index is 12.4. The molecule has 6 heteroatoms. The average molecular weight is 495 g/mol. The second-order valence-corrected chi connectivity index (χ2v) is 9.38. The quantitative estimate of drug-likeness (QED) is 0.102. The van der Waals surface area contributed by atoms with Crippen LogP contribution in [0.5, 0.6) is 0 Å². The molecule has 0 saturated heterocycles. The van der Waals surface area contributed by atoms with Crippen molar-refractivity contribution in [2.45, 2.75) is 130 Å². The van der Waals surface area contributed by atoms with Gasteiger partial charge in [-0.05, 0) is 29.5 Å². The molecule has 0 saturated carbocycles. The van der Waals surface area contributed by atoms with E-state index < -0.39 is 0 Å². The van der Waals surface area contributed by atoms with E-state index in [1.54, 1.807) is 18.2 Å². The van der Waals surface area contributed by atoms with Crippen LogP contribution in [0.2, 0.25) is 0 Å². The van der Waals surface area contributed by atoms with Gasteiger partial charge in [0.25, 0.3) is 0 Å². The van der Waals surface area contributed by atoms with E-state index in [1.807, 2.05) is 0 Å². The topological polar surface area (TPSA) is 85.2 Å². The maximum atomic E-state index is 12.4. The molecule has 1 rings (SSSR count). The van der Waals surface area contributed by atoms with Gasteiger partial charge in [-0.3, -0.25) is 4.79 Å². The molecule has 0 aromatic heterocycles. The van der Waals surface area contributed by atoms with Gasteiger partial charge in [-0.25, -0.2) is 0 Å². The van der Waals surface area contributed by atoms with E-state index >= 15 is 0 Å². The van der Waals surface area contributed by atoms with Crippen LogP contribution in [0.3, 0.4) is 0 Å². The average Bonchev–Trinajstić information content (AvgIpc) is 2.88. The molecule has 0 aliphatic rings. The minimum absolute atomic E-state index is 0.113. The zero-order valence-corrected chi connectivity index (χ0v) is 22.3. The highest BCUT2D eigenvalue weighted by atomic mass is 16.7. The van der Waals surface area contributed by atoms with E-state index in [0.717, 1.165) is 31.2 Å². The number of hydrogen-bond donors (Lipinski definition) is 2. The summed E-state index contributed by atoms with van der Waals surface area (Å²) in [7, 11) is 0. The smallest absolute Gasteiger partial charge is 0.306 e. The summed E-state index contributed by atoms with van der Waals surface area (Å²) in [5, 5.41) is 18.7. The van der Waals surface area contributed by atoms with Crippen LogP contribution in [0.15, 0.2) is 18.2 Å². The van der Waals surface area contributed by atoms with Gasteiger partial charge in [-0.15, -0.1) is 0 Å². The predicted octanol–water partition coefficient (Wildman–Crippen LogP) is 6.57. The zero-order valence-electron chi connectivity index (χ0n) is 22.3. The Morgan fingerprint density at radius 3 is 1.66 bits per heavy atom. The number of rotatable bonds is 23. The Hall–Kier alpha value is -1.47. The van der Waals surface area contributed by atoms with Crippen LogP contribution < -0.4 is 0 Å². The van der Waals surface area contributed by atoms with E-state index in [0.29, 0.717) is 30.8 Å². The summed E-state index contributed by atoms with van der Waals surface area (Å²) in [6, 6.07) is 5.29. The van der Waals surface area contributed by atoms with Gasteiger partial charge in [0.2, 0.25) is 0 Å². The minimum Gasteiger partial charge on any atom is -0.461 e. The number of aliphatic hydroxyl groups excluding tert-OH is 2. The van der Waals surface area contributed by atoms with E-state index in [4.69, 9.17) is 14.2 Å². The fourth-order valence-corrected chi connectivity index (χ4v) is 3.99. The van der Waals surface area contributed by atoms with Crippen LogP contribution in [-0.4, -0.2) is 35.7 Å². The van der Waals surface area contributed by atoms with E-state index in [2.05, 4.69) is 13.8 Å². The lowest BCUT2D eigenvalue weighted by atomic mass is 10.1. The number of benzene rings is 1. The number of carbonyl (C=O) groups excluding carboxylic acids is 1. The molecular weight excluding hydrogens is 444 g/mol. The number of carbonyl (C=O) groups is 1. The fraction of sp³-hybridized carbons (Fsp3) is 0.759. The number of aliphatic hydroxyl groups is 2. The second kappa shape index (κ2) is 21.8. The van der Waals surface area contributed by atoms with E-state index in [1.165, 1.54) is 51.4 Å². The predicted molar refractivity (Wildman–Crippen MR) is 140 cm³/mol. The molecule has 0 bridgehead atoms. The van der Waals surface area contributed by atoms with Crippen LogP contribution in [-0.2, 0) is 38.8 Å². The molecule has 0 unspecified atom stereocenters. The Labute approximate surface area is 213 Å². The Bertz CT molecular complexity index is 608. The molecule has 0 aliphatic heterocycles. The third kappa shape index (κ3) is 16.8. The van der Waals surface area contributed by atoms with Gasteiger partial charge < -0.3 is 24.4 Å². The van der Waals surface area contributed by atoms with E-state index in [-0.39, 0.29) is 38.5 Å². The van der Waals surface area contributed by atoms with Crippen molar-refractivity contribution in [2.24, 2.45) is 0 Å². The molecule has 0 radical (unpaired) electrons. The van der Waals surface area contributed by atoms with Crippen LogP contribution in [0.25, 0.3) is 0 Å². The standard InChI is InChI=1S/C29H50O6/c1-3-5-7-9-11-13-17-33-29(34-18-14-12-10-8-6-4-2)16-15-28(32)35-24-27-20-25(22-30)19-26(21-27)23-31/h19-21,29-31H,3-18,22-24H2,1-2H3. The van der Waals surface area contributed by atoms with Crippen LogP contribution in [0, 0.1) is 0 Å². The Morgan fingerprint density at radius 2 is 1.17 bits per heavy atom. The summed E-state index contributed by atoms with van der Waals surface area (Å²) in [6.07, 6.45) is 14.8. The number of esters is 1. The lowest BCUT2D eigenvalue weighted by molar-refractivity contribution is -0.160. The molecule has 202 valence electrons. The monoisotopic (exact) mass is 494 g/mol. The highest BCUT2D eigenvalue weighted by molar-refractivity contribution is 5.69. The Kier molecular flexibility index (Phi) is 19.6. The lowest BCUT2D eigenvalue weighted by Crippen LogP contribution is -2.21. The first-order valence-corrected chi connectivity index (χ1v) is 13.8. The molecule has 0 heterocycles. The van der Waals surface area contributed by atoms with Crippen molar-refractivity contribution in [3.8, 4) is 0 Å². The Balaban J connectivity index is 2.40. The number of hydrogen-bond acceptors (Lipinski definition) is 6. The normalized spacial score (nSPS) is 11.3. The summed E-state index contributed by atoms with van der Waals surface area (Å²) < 4.78 is 17.4. The summed E-state index contributed by atoms with van der Waals surface area (Å²) in [5.74, 6) is -0.304. The van der Waals surface area contributed by atoms with Crippen molar-refractivity contribution in [2.75, 3.05) is 13.2 Å².